The van der Waals surface area contributed by atoms with E-state index in [1.54, 1.807) is 0 Å². The second kappa shape index (κ2) is 10.8. The Labute approximate surface area is 192 Å². The van der Waals surface area contributed by atoms with Crippen LogP contribution in [0.25, 0.3) is 0 Å². The second-order valence-corrected chi connectivity index (χ2v) is 8.87. The van der Waals surface area contributed by atoms with Crippen molar-refractivity contribution < 1.29 is 9.84 Å². The zero-order valence-corrected chi connectivity index (χ0v) is 19.1. The molecule has 3 aromatic carbocycles. The minimum Gasteiger partial charge on any atom is -0.494 e. The lowest BCUT2D eigenvalue weighted by Crippen LogP contribution is -2.44. The van der Waals surface area contributed by atoms with Crippen LogP contribution in [-0.2, 0) is 12.0 Å². The quantitative estimate of drug-likeness (QED) is 0.468. The van der Waals surface area contributed by atoms with Crippen LogP contribution in [0.4, 0.5) is 0 Å². The predicted octanol–water partition coefficient (Wildman–Crippen LogP) is 5.79. The van der Waals surface area contributed by atoms with E-state index >= 15 is 0 Å². The highest BCUT2D eigenvalue weighted by atomic mass is 16.5. The number of nitrogens with zero attached hydrogens (tertiary/aromatic N) is 1. The van der Waals surface area contributed by atoms with Gasteiger partial charge < -0.3 is 14.7 Å². The van der Waals surface area contributed by atoms with Crippen molar-refractivity contribution in [1.29, 1.82) is 0 Å². The van der Waals surface area contributed by atoms with E-state index in [0.29, 0.717) is 13.0 Å². The monoisotopic (exact) mass is 429 g/mol. The number of benzene rings is 3. The van der Waals surface area contributed by atoms with Crippen LogP contribution in [0.15, 0.2) is 84.9 Å². The number of ether oxygens (including phenoxy) is 1. The van der Waals surface area contributed by atoms with Gasteiger partial charge in [-0.25, -0.2) is 0 Å². The maximum Gasteiger partial charge on any atom is 0.119 e. The molecule has 2 atom stereocenters. The molecule has 0 aliphatic carbocycles. The summed E-state index contributed by atoms with van der Waals surface area (Å²) in [5, 5.41) is 12.5. The highest BCUT2D eigenvalue weighted by Gasteiger charge is 2.40. The molecule has 0 spiro atoms. The van der Waals surface area contributed by atoms with Crippen LogP contribution < -0.4 is 4.74 Å². The maximum absolute atomic E-state index is 12.5. The molecule has 1 N–H and O–H groups in total. The summed E-state index contributed by atoms with van der Waals surface area (Å²) in [4.78, 5) is 2.53. The fourth-order valence-electron chi connectivity index (χ4n) is 4.96. The Bertz CT molecular complexity index is 936. The summed E-state index contributed by atoms with van der Waals surface area (Å²) in [6.07, 6.45) is 4.35. The molecular formula is C29H35NO2. The van der Waals surface area contributed by atoms with Crippen LogP contribution in [0.3, 0.4) is 0 Å². The van der Waals surface area contributed by atoms with Gasteiger partial charge in [0.1, 0.15) is 11.4 Å². The summed E-state index contributed by atoms with van der Waals surface area (Å²) < 4.78 is 5.67. The van der Waals surface area contributed by atoms with Gasteiger partial charge in [0.05, 0.1) is 6.61 Å². The summed E-state index contributed by atoms with van der Waals surface area (Å²) in [5.41, 5.74) is 2.23. The summed E-state index contributed by atoms with van der Waals surface area (Å²) in [7, 11) is 0. The lowest BCUT2D eigenvalue weighted by atomic mass is 9.73. The molecule has 0 amide bonds. The number of likely N-dealkylation sites (tertiary alicyclic amines) is 1. The average molecular weight is 430 g/mol. The zero-order valence-electron chi connectivity index (χ0n) is 19.1. The first-order valence-corrected chi connectivity index (χ1v) is 12.0. The summed E-state index contributed by atoms with van der Waals surface area (Å²) >= 11 is 0. The molecule has 3 aromatic rings. The molecule has 0 radical (unpaired) electrons. The topological polar surface area (TPSA) is 32.7 Å². The van der Waals surface area contributed by atoms with E-state index in [0.717, 1.165) is 36.5 Å². The van der Waals surface area contributed by atoms with Crippen molar-refractivity contribution in [1.82, 2.24) is 4.90 Å². The van der Waals surface area contributed by atoms with Crippen molar-refractivity contribution in [3.05, 3.63) is 102 Å². The molecule has 0 aromatic heterocycles. The maximum atomic E-state index is 12.5. The Hall–Kier alpha value is -2.62. The van der Waals surface area contributed by atoms with E-state index in [1.165, 1.54) is 24.8 Å². The van der Waals surface area contributed by atoms with Crippen molar-refractivity contribution in [2.24, 2.45) is 0 Å². The average Bonchev–Trinajstić information content (AvgIpc) is 2.85. The molecule has 4 rings (SSSR count). The molecule has 1 aliphatic rings. The van der Waals surface area contributed by atoms with Crippen molar-refractivity contribution >= 4 is 0 Å². The zero-order chi connectivity index (χ0) is 22.2. The third-order valence-electron chi connectivity index (χ3n) is 6.65. The minimum absolute atomic E-state index is 0.0417. The largest absolute Gasteiger partial charge is 0.494 e. The second-order valence-electron chi connectivity index (χ2n) is 8.87. The molecule has 168 valence electrons. The van der Waals surface area contributed by atoms with Crippen LogP contribution in [0.5, 0.6) is 5.75 Å². The molecule has 0 bridgehead atoms. The lowest BCUT2D eigenvalue weighted by molar-refractivity contribution is -0.00677. The molecule has 32 heavy (non-hydrogen) atoms. The van der Waals surface area contributed by atoms with Crippen LogP contribution in [-0.4, -0.2) is 36.2 Å². The smallest absolute Gasteiger partial charge is 0.119 e. The Morgan fingerprint density at radius 3 is 2.09 bits per heavy atom. The number of piperidine rings is 1. The third-order valence-corrected chi connectivity index (χ3v) is 6.65. The third kappa shape index (κ3) is 5.40. The van der Waals surface area contributed by atoms with Gasteiger partial charge in [0.25, 0.3) is 0 Å². The molecular weight excluding hydrogens is 394 g/mol. The molecule has 0 unspecified atom stereocenters. The number of aliphatic hydroxyl groups is 1. The summed E-state index contributed by atoms with van der Waals surface area (Å²) in [6, 6.07) is 29.0. The van der Waals surface area contributed by atoms with E-state index in [1.807, 2.05) is 37.3 Å². The number of rotatable bonds is 9. The highest BCUT2D eigenvalue weighted by Crippen LogP contribution is 2.41. The first kappa shape index (κ1) is 22.6. The molecule has 1 heterocycles. The van der Waals surface area contributed by atoms with E-state index in [2.05, 4.69) is 59.5 Å². The summed E-state index contributed by atoms with van der Waals surface area (Å²) in [6.45, 7) is 5.68. The van der Waals surface area contributed by atoms with Crippen LogP contribution in [0, 0.1) is 0 Å². The van der Waals surface area contributed by atoms with Gasteiger partial charge >= 0.3 is 0 Å². The normalized spacial score (nSPS) is 17.4. The number of hydrogen-bond donors (Lipinski definition) is 1. The standard InChI is InChI=1S/C29H35NO2/c1-2-32-27-18-16-26(17-19-27)29(31,22-24-12-6-3-7-13-24)28(25-14-8-4-9-15-25)23-30-20-10-5-11-21-30/h3-4,6-9,12-19,28,31H,2,5,10-11,20-23H2,1H3/t28-,29-/m0/s1. The van der Waals surface area contributed by atoms with Crippen LogP contribution >= 0.6 is 0 Å². The van der Waals surface area contributed by atoms with E-state index < -0.39 is 5.60 Å². The predicted molar refractivity (Wildman–Crippen MR) is 131 cm³/mol. The van der Waals surface area contributed by atoms with Gasteiger partial charge in [-0.1, -0.05) is 79.2 Å². The fourth-order valence-corrected chi connectivity index (χ4v) is 4.96. The van der Waals surface area contributed by atoms with Crippen LogP contribution in [0.2, 0.25) is 0 Å². The molecule has 3 heteroatoms. The van der Waals surface area contributed by atoms with E-state index in [9.17, 15) is 5.11 Å². The van der Waals surface area contributed by atoms with Crippen molar-refractivity contribution in [2.45, 2.75) is 44.1 Å². The van der Waals surface area contributed by atoms with Gasteiger partial charge in [-0.05, 0) is 61.7 Å². The first-order chi connectivity index (χ1) is 15.7. The van der Waals surface area contributed by atoms with Gasteiger partial charge in [-0.2, -0.15) is 0 Å². The fraction of sp³-hybridized carbons (Fsp3) is 0.379. The van der Waals surface area contributed by atoms with Gasteiger partial charge in [0.15, 0.2) is 0 Å². The first-order valence-electron chi connectivity index (χ1n) is 12.0. The number of hydrogen-bond acceptors (Lipinski definition) is 3. The van der Waals surface area contributed by atoms with Gasteiger partial charge in [-0.3, -0.25) is 0 Å². The Kier molecular flexibility index (Phi) is 7.62. The van der Waals surface area contributed by atoms with E-state index in [4.69, 9.17) is 4.74 Å². The summed E-state index contributed by atoms with van der Waals surface area (Å²) in [5.74, 6) is 0.797. The van der Waals surface area contributed by atoms with Crippen molar-refractivity contribution in [3.8, 4) is 5.75 Å². The molecule has 0 saturated carbocycles. The minimum atomic E-state index is -1.04. The Balaban J connectivity index is 1.76. The van der Waals surface area contributed by atoms with Crippen molar-refractivity contribution in [2.75, 3.05) is 26.2 Å². The van der Waals surface area contributed by atoms with E-state index in [-0.39, 0.29) is 5.92 Å². The SMILES string of the molecule is CCOc1ccc([C@@](O)(Cc2ccccc2)[C@@H](CN2CCCCC2)c2ccccc2)cc1. The van der Waals surface area contributed by atoms with Crippen molar-refractivity contribution in [3.63, 3.8) is 0 Å². The molecule has 1 aliphatic heterocycles. The molecule has 1 fully saturated rings. The van der Waals surface area contributed by atoms with Gasteiger partial charge in [0.2, 0.25) is 0 Å². The Morgan fingerprint density at radius 2 is 1.47 bits per heavy atom. The highest BCUT2D eigenvalue weighted by molar-refractivity contribution is 5.37. The van der Waals surface area contributed by atoms with Crippen LogP contribution in [0.1, 0.15) is 48.8 Å². The Morgan fingerprint density at radius 1 is 0.844 bits per heavy atom. The van der Waals surface area contributed by atoms with Gasteiger partial charge in [0, 0.05) is 18.9 Å². The molecule has 1 saturated heterocycles. The lowest BCUT2D eigenvalue weighted by Gasteiger charge is -2.41. The van der Waals surface area contributed by atoms with Gasteiger partial charge in [-0.15, -0.1) is 0 Å². The molecule has 3 nitrogen and oxygen atoms in total.